The van der Waals surface area contributed by atoms with E-state index in [0.717, 1.165) is 23.9 Å². The molecule has 0 aromatic carbocycles. The van der Waals surface area contributed by atoms with Gasteiger partial charge in [-0.15, -0.1) is 0 Å². The topological polar surface area (TPSA) is 29.3 Å². The summed E-state index contributed by atoms with van der Waals surface area (Å²) in [6.45, 7) is 5.40. The molecule has 0 amide bonds. The summed E-state index contributed by atoms with van der Waals surface area (Å²) in [5.41, 5.74) is 0.975. The average molecular weight is 180 g/mol. The van der Waals surface area contributed by atoms with Gasteiger partial charge in [0.15, 0.2) is 5.76 Å². The largest absolute Gasteiger partial charge is 0.359 e. The molecule has 1 aromatic heterocycles. The van der Waals surface area contributed by atoms with Crippen LogP contribution in [0.1, 0.15) is 30.8 Å². The van der Waals surface area contributed by atoms with Gasteiger partial charge in [0.25, 0.3) is 0 Å². The Bertz CT molecular complexity index is 295. The quantitative estimate of drug-likeness (QED) is 0.662. The van der Waals surface area contributed by atoms with Gasteiger partial charge in [-0.25, -0.2) is 0 Å². The maximum atomic E-state index is 5.28. The zero-order chi connectivity index (χ0) is 9.42. The predicted octanol–water partition coefficient (Wildman–Crippen LogP) is 2.00. The number of likely N-dealkylation sites (tertiary alicyclic amines) is 1. The van der Waals surface area contributed by atoms with Crippen LogP contribution in [0.15, 0.2) is 10.6 Å². The van der Waals surface area contributed by atoms with E-state index in [1.54, 1.807) is 0 Å². The molecular weight excluding hydrogens is 164 g/mol. The first-order valence-electron chi connectivity index (χ1n) is 4.80. The highest BCUT2D eigenvalue weighted by molar-refractivity contribution is 5.09. The minimum Gasteiger partial charge on any atom is -0.359 e. The Hall–Kier alpha value is -0.830. The van der Waals surface area contributed by atoms with Crippen molar-refractivity contribution in [2.24, 2.45) is 5.92 Å². The first-order valence-corrected chi connectivity index (χ1v) is 4.80. The highest BCUT2D eigenvalue weighted by atomic mass is 16.5. The number of aryl methyl sites for hydroxylation is 1. The van der Waals surface area contributed by atoms with Gasteiger partial charge in [0.05, 0.1) is 11.7 Å². The molecule has 3 heteroatoms. The molecule has 1 aliphatic rings. The summed E-state index contributed by atoms with van der Waals surface area (Å²) in [4.78, 5) is 2.34. The van der Waals surface area contributed by atoms with Crippen molar-refractivity contribution in [3.8, 4) is 0 Å². The second-order valence-electron chi connectivity index (χ2n) is 4.17. The molecule has 1 aromatic rings. The standard InChI is InChI=1S/C10H16N2O/c1-7-4-9(12(3)6-7)10-5-8(2)11-13-10/h5,7,9H,4,6H2,1-3H3/t7-,9+/m0/s1. The summed E-state index contributed by atoms with van der Waals surface area (Å²) in [5.74, 6) is 1.78. The van der Waals surface area contributed by atoms with Crippen molar-refractivity contribution in [1.29, 1.82) is 0 Å². The molecule has 0 aliphatic carbocycles. The SMILES string of the molecule is Cc1cc([C@H]2C[C@H](C)CN2C)on1. The van der Waals surface area contributed by atoms with Crippen LogP contribution in [-0.4, -0.2) is 23.6 Å². The highest BCUT2D eigenvalue weighted by Gasteiger charge is 2.30. The van der Waals surface area contributed by atoms with Gasteiger partial charge in [0.1, 0.15) is 0 Å². The Morgan fingerprint density at radius 1 is 1.62 bits per heavy atom. The van der Waals surface area contributed by atoms with E-state index in [0.29, 0.717) is 6.04 Å². The monoisotopic (exact) mass is 180 g/mol. The number of nitrogens with zero attached hydrogens (tertiary/aromatic N) is 2. The fourth-order valence-corrected chi connectivity index (χ4v) is 2.13. The summed E-state index contributed by atoms with van der Waals surface area (Å²) in [7, 11) is 2.14. The minimum absolute atomic E-state index is 0.441. The number of rotatable bonds is 1. The summed E-state index contributed by atoms with van der Waals surface area (Å²) < 4.78 is 5.28. The van der Waals surface area contributed by atoms with Gasteiger partial charge >= 0.3 is 0 Å². The molecule has 1 saturated heterocycles. The lowest BCUT2D eigenvalue weighted by Gasteiger charge is -2.15. The molecule has 2 atom stereocenters. The van der Waals surface area contributed by atoms with Crippen molar-refractivity contribution in [3.63, 3.8) is 0 Å². The third-order valence-corrected chi connectivity index (χ3v) is 2.73. The molecular formula is C10H16N2O. The van der Waals surface area contributed by atoms with Crippen molar-refractivity contribution in [2.45, 2.75) is 26.3 Å². The molecule has 2 rings (SSSR count). The van der Waals surface area contributed by atoms with Crippen molar-refractivity contribution < 1.29 is 4.52 Å². The first-order chi connectivity index (χ1) is 6.16. The summed E-state index contributed by atoms with van der Waals surface area (Å²) in [5, 5.41) is 3.92. The van der Waals surface area contributed by atoms with Gasteiger partial charge in [-0.2, -0.15) is 0 Å². The summed E-state index contributed by atoms with van der Waals surface area (Å²) >= 11 is 0. The summed E-state index contributed by atoms with van der Waals surface area (Å²) in [6.07, 6.45) is 1.19. The maximum Gasteiger partial charge on any atom is 0.154 e. The van der Waals surface area contributed by atoms with Crippen LogP contribution < -0.4 is 0 Å². The molecule has 1 fully saturated rings. The second kappa shape index (κ2) is 3.14. The zero-order valence-corrected chi connectivity index (χ0v) is 8.45. The average Bonchev–Trinajstić information content (AvgIpc) is 2.58. The Kier molecular flexibility index (Phi) is 2.12. The van der Waals surface area contributed by atoms with E-state index in [1.807, 2.05) is 13.0 Å². The number of hydrogen-bond acceptors (Lipinski definition) is 3. The molecule has 0 spiro atoms. The zero-order valence-electron chi connectivity index (χ0n) is 8.45. The van der Waals surface area contributed by atoms with Crippen molar-refractivity contribution >= 4 is 0 Å². The maximum absolute atomic E-state index is 5.28. The lowest BCUT2D eigenvalue weighted by atomic mass is 10.1. The molecule has 3 nitrogen and oxygen atoms in total. The Labute approximate surface area is 78.7 Å². The van der Waals surface area contributed by atoms with Crippen LogP contribution >= 0.6 is 0 Å². The van der Waals surface area contributed by atoms with Crippen molar-refractivity contribution in [1.82, 2.24) is 10.1 Å². The van der Waals surface area contributed by atoms with Crippen LogP contribution in [0, 0.1) is 12.8 Å². The van der Waals surface area contributed by atoms with E-state index in [9.17, 15) is 0 Å². The van der Waals surface area contributed by atoms with E-state index >= 15 is 0 Å². The van der Waals surface area contributed by atoms with Crippen LogP contribution in [-0.2, 0) is 0 Å². The van der Waals surface area contributed by atoms with E-state index in [4.69, 9.17) is 4.52 Å². The van der Waals surface area contributed by atoms with Crippen molar-refractivity contribution in [2.75, 3.05) is 13.6 Å². The van der Waals surface area contributed by atoms with Gasteiger partial charge in [0, 0.05) is 12.6 Å². The molecule has 13 heavy (non-hydrogen) atoms. The first kappa shape index (κ1) is 8.75. The smallest absolute Gasteiger partial charge is 0.154 e. The van der Waals surface area contributed by atoms with E-state index in [-0.39, 0.29) is 0 Å². The molecule has 2 heterocycles. The molecule has 72 valence electrons. The molecule has 0 saturated carbocycles. The van der Waals surface area contributed by atoms with Gasteiger partial charge in [0.2, 0.25) is 0 Å². The van der Waals surface area contributed by atoms with Crippen LogP contribution in [0.25, 0.3) is 0 Å². The van der Waals surface area contributed by atoms with Gasteiger partial charge < -0.3 is 4.52 Å². The highest BCUT2D eigenvalue weighted by Crippen LogP contribution is 2.33. The summed E-state index contributed by atoms with van der Waals surface area (Å²) in [6, 6.07) is 2.48. The lowest BCUT2D eigenvalue weighted by Crippen LogP contribution is -2.17. The fraction of sp³-hybridized carbons (Fsp3) is 0.700. The Morgan fingerprint density at radius 3 is 2.85 bits per heavy atom. The fourth-order valence-electron chi connectivity index (χ4n) is 2.13. The van der Waals surface area contributed by atoms with Crippen LogP contribution in [0.5, 0.6) is 0 Å². The Balaban J connectivity index is 2.17. The van der Waals surface area contributed by atoms with Gasteiger partial charge in [-0.05, 0) is 26.3 Å². The number of hydrogen-bond donors (Lipinski definition) is 0. The third kappa shape index (κ3) is 1.61. The molecule has 0 bridgehead atoms. The van der Waals surface area contributed by atoms with E-state index in [2.05, 4.69) is 24.0 Å². The van der Waals surface area contributed by atoms with E-state index in [1.165, 1.54) is 6.42 Å². The third-order valence-electron chi connectivity index (χ3n) is 2.73. The normalized spacial score (nSPS) is 29.8. The van der Waals surface area contributed by atoms with Gasteiger partial charge in [-0.3, -0.25) is 4.90 Å². The molecule has 1 aliphatic heterocycles. The van der Waals surface area contributed by atoms with Gasteiger partial charge in [-0.1, -0.05) is 12.1 Å². The van der Waals surface area contributed by atoms with Crippen LogP contribution in [0.4, 0.5) is 0 Å². The van der Waals surface area contributed by atoms with Crippen LogP contribution in [0.3, 0.4) is 0 Å². The molecule has 0 radical (unpaired) electrons. The lowest BCUT2D eigenvalue weighted by molar-refractivity contribution is 0.251. The van der Waals surface area contributed by atoms with Crippen LogP contribution in [0.2, 0.25) is 0 Å². The predicted molar refractivity (Wildman–Crippen MR) is 50.4 cm³/mol. The number of aromatic nitrogens is 1. The minimum atomic E-state index is 0.441. The Morgan fingerprint density at radius 2 is 2.38 bits per heavy atom. The molecule has 0 N–H and O–H groups in total. The van der Waals surface area contributed by atoms with Crippen molar-refractivity contribution in [3.05, 3.63) is 17.5 Å². The second-order valence-corrected chi connectivity index (χ2v) is 4.17. The molecule has 0 unspecified atom stereocenters. The van der Waals surface area contributed by atoms with E-state index < -0.39 is 0 Å².